The number of rotatable bonds is 3. The van der Waals surface area contributed by atoms with Crippen LogP contribution in [0.3, 0.4) is 0 Å². The predicted molar refractivity (Wildman–Crippen MR) is 88.1 cm³/mol. The van der Waals surface area contributed by atoms with E-state index >= 15 is 0 Å². The lowest BCUT2D eigenvalue weighted by Crippen LogP contribution is -2.39. The molecule has 1 saturated heterocycles. The summed E-state index contributed by atoms with van der Waals surface area (Å²) in [7, 11) is 0. The van der Waals surface area contributed by atoms with E-state index in [1.807, 2.05) is 18.2 Å². The van der Waals surface area contributed by atoms with E-state index in [4.69, 9.17) is 9.47 Å². The first-order valence-electron chi connectivity index (χ1n) is 8.86. The molecule has 0 N–H and O–H groups in total. The quantitative estimate of drug-likeness (QED) is 0.485. The highest BCUT2D eigenvalue weighted by Gasteiger charge is 2.50. The third-order valence-electron chi connectivity index (χ3n) is 5.54. The van der Waals surface area contributed by atoms with Crippen LogP contribution in [0.15, 0.2) is 42.5 Å². The van der Waals surface area contributed by atoms with Gasteiger partial charge in [-0.1, -0.05) is 55.3 Å². The third-order valence-corrected chi connectivity index (χ3v) is 5.54. The second-order valence-corrected chi connectivity index (χ2v) is 6.98. The molecule has 24 heavy (non-hydrogen) atoms. The molecule has 1 aromatic carbocycles. The standard InChI is InChI=1S/C20H22O4/c21-19-15-10-6-12-17(18(15)20(22)24-19)23-16-11-5-4-9-14(16)13-7-2-1-3-8-13/h1-3,6-8,12,14-18H,4-5,9-11H2/t14-,15+,16+,17-,18+/m0/s1. The summed E-state index contributed by atoms with van der Waals surface area (Å²) < 4.78 is 11.2. The smallest absolute Gasteiger partial charge is 0.320 e. The maximum atomic E-state index is 12.1. The molecule has 1 aromatic rings. The highest BCUT2D eigenvalue weighted by atomic mass is 16.6. The molecule has 0 amide bonds. The highest BCUT2D eigenvalue weighted by molar-refractivity contribution is 5.97. The maximum absolute atomic E-state index is 12.1. The van der Waals surface area contributed by atoms with E-state index in [-0.39, 0.29) is 18.1 Å². The second kappa shape index (κ2) is 6.52. The summed E-state index contributed by atoms with van der Waals surface area (Å²) in [5.41, 5.74) is 1.30. The molecule has 0 radical (unpaired) electrons. The third kappa shape index (κ3) is 2.80. The van der Waals surface area contributed by atoms with Gasteiger partial charge in [-0.05, 0) is 24.8 Å². The number of esters is 2. The van der Waals surface area contributed by atoms with Crippen LogP contribution in [-0.2, 0) is 19.1 Å². The largest absolute Gasteiger partial charge is 0.393 e. The Labute approximate surface area is 141 Å². The fraction of sp³-hybridized carbons (Fsp3) is 0.500. The molecule has 2 aliphatic carbocycles. The van der Waals surface area contributed by atoms with Crippen molar-refractivity contribution in [3.05, 3.63) is 48.0 Å². The van der Waals surface area contributed by atoms with E-state index in [0.29, 0.717) is 12.3 Å². The predicted octanol–water partition coefficient (Wildman–Crippen LogP) is 3.37. The van der Waals surface area contributed by atoms with Crippen LogP contribution in [0, 0.1) is 11.8 Å². The average Bonchev–Trinajstić information content (AvgIpc) is 2.91. The van der Waals surface area contributed by atoms with E-state index in [0.717, 1.165) is 19.3 Å². The van der Waals surface area contributed by atoms with Crippen molar-refractivity contribution in [3.8, 4) is 0 Å². The maximum Gasteiger partial charge on any atom is 0.320 e. The molecule has 4 heteroatoms. The van der Waals surface area contributed by atoms with Gasteiger partial charge in [0.2, 0.25) is 0 Å². The number of hydrogen-bond acceptors (Lipinski definition) is 4. The highest BCUT2D eigenvalue weighted by Crippen LogP contribution is 2.40. The Bertz CT molecular complexity index is 651. The Morgan fingerprint density at radius 2 is 1.75 bits per heavy atom. The summed E-state index contributed by atoms with van der Waals surface area (Å²) in [4.78, 5) is 23.9. The molecule has 1 heterocycles. The molecule has 1 aliphatic heterocycles. The van der Waals surface area contributed by atoms with Gasteiger partial charge in [0.25, 0.3) is 0 Å². The summed E-state index contributed by atoms with van der Waals surface area (Å²) >= 11 is 0. The molecule has 3 aliphatic rings. The van der Waals surface area contributed by atoms with Crippen molar-refractivity contribution in [1.29, 1.82) is 0 Å². The number of cyclic esters (lactones) is 2. The van der Waals surface area contributed by atoms with Crippen molar-refractivity contribution in [3.63, 3.8) is 0 Å². The summed E-state index contributed by atoms with van der Waals surface area (Å²) in [5, 5.41) is 0. The zero-order valence-electron chi connectivity index (χ0n) is 13.6. The van der Waals surface area contributed by atoms with Gasteiger partial charge in [-0.2, -0.15) is 0 Å². The monoisotopic (exact) mass is 326 g/mol. The molecule has 126 valence electrons. The van der Waals surface area contributed by atoms with E-state index in [1.54, 1.807) is 0 Å². The van der Waals surface area contributed by atoms with Gasteiger partial charge in [-0.25, -0.2) is 0 Å². The normalized spacial score (nSPS) is 35.6. The van der Waals surface area contributed by atoms with Crippen LogP contribution in [0.1, 0.15) is 43.6 Å². The SMILES string of the molecule is O=C1OC(=O)[C@@H]2CC=C[C@H](O[C@@H]3CCCC[C@H]3c3ccccc3)[C@H]12. The number of hydrogen-bond donors (Lipinski definition) is 0. The van der Waals surface area contributed by atoms with Gasteiger partial charge in [0.15, 0.2) is 0 Å². The van der Waals surface area contributed by atoms with Gasteiger partial charge >= 0.3 is 11.9 Å². The van der Waals surface area contributed by atoms with Gasteiger partial charge in [-0.15, -0.1) is 0 Å². The Morgan fingerprint density at radius 1 is 0.958 bits per heavy atom. The minimum atomic E-state index is -0.471. The van der Waals surface area contributed by atoms with Crippen molar-refractivity contribution in [2.75, 3.05) is 0 Å². The minimum Gasteiger partial charge on any atom is -0.393 e. The molecule has 2 fully saturated rings. The second-order valence-electron chi connectivity index (χ2n) is 6.98. The lowest BCUT2D eigenvalue weighted by Gasteiger charge is -2.36. The van der Waals surface area contributed by atoms with Gasteiger partial charge in [0, 0.05) is 5.92 Å². The van der Waals surface area contributed by atoms with Crippen LogP contribution in [0.25, 0.3) is 0 Å². The van der Waals surface area contributed by atoms with Crippen molar-refractivity contribution < 1.29 is 19.1 Å². The van der Waals surface area contributed by atoms with Crippen molar-refractivity contribution >= 4 is 11.9 Å². The Kier molecular flexibility index (Phi) is 4.23. The summed E-state index contributed by atoms with van der Waals surface area (Å²) in [6.07, 6.45) is 8.63. The van der Waals surface area contributed by atoms with Gasteiger partial charge in [0.1, 0.15) is 5.92 Å². The van der Waals surface area contributed by atoms with Crippen LogP contribution in [0.4, 0.5) is 0 Å². The molecular weight excluding hydrogens is 304 g/mol. The van der Waals surface area contributed by atoms with Crippen molar-refractivity contribution in [2.45, 2.75) is 50.2 Å². The van der Waals surface area contributed by atoms with Crippen LogP contribution < -0.4 is 0 Å². The van der Waals surface area contributed by atoms with Crippen LogP contribution in [0.2, 0.25) is 0 Å². The molecule has 0 spiro atoms. The zero-order valence-corrected chi connectivity index (χ0v) is 13.6. The van der Waals surface area contributed by atoms with E-state index in [2.05, 4.69) is 24.3 Å². The lowest BCUT2D eigenvalue weighted by atomic mass is 9.80. The topological polar surface area (TPSA) is 52.6 Å². The lowest BCUT2D eigenvalue weighted by molar-refractivity contribution is -0.155. The summed E-state index contributed by atoms with van der Waals surface area (Å²) in [5.74, 6) is -1.31. The molecule has 0 aromatic heterocycles. The van der Waals surface area contributed by atoms with Crippen LogP contribution in [0.5, 0.6) is 0 Å². The minimum absolute atomic E-state index is 0.0815. The van der Waals surface area contributed by atoms with E-state index < -0.39 is 17.9 Å². The molecule has 4 rings (SSSR count). The zero-order chi connectivity index (χ0) is 16.5. The fourth-order valence-corrected chi connectivity index (χ4v) is 4.31. The first kappa shape index (κ1) is 15.6. The number of benzene rings is 1. The molecule has 5 atom stereocenters. The number of ether oxygens (including phenoxy) is 2. The average molecular weight is 326 g/mol. The molecular formula is C20H22O4. The van der Waals surface area contributed by atoms with E-state index in [9.17, 15) is 9.59 Å². The van der Waals surface area contributed by atoms with Crippen molar-refractivity contribution in [2.24, 2.45) is 11.8 Å². The van der Waals surface area contributed by atoms with Crippen LogP contribution in [-0.4, -0.2) is 24.1 Å². The summed E-state index contributed by atoms with van der Waals surface area (Å²) in [6, 6.07) is 10.4. The molecule has 0 bridgehead atoms. The number of fused-ring (bicyclic) bond motifs is 1. The van der Waals surface area contributed by atoms with Gasteiger partial charge in [-0.3, -0.25) is 9.59 Å². The van der Waals surface area contributed by atoms with E-state index in [1.165, 1.54) is 12.0 Å². The number of carbonyl (C=O) groups excluding carboxylic acids is 2. The van der Waals surface area contributed by atoms with Gasteiger partial charge in [0.05, 0.1) is 18.1 Å². The fourth-order valence-electron chi connectivity index (χ4n) is 4.31. The Balaban J connectivity index is 1.54. The number of carbonyl (C=O) groups is 2. The Morgan fingerprint density at radius 3 is 2.58 bits per heavy atom. The first-order valence-corrected chi connectivity index (χ1v) is 8.86. The number of allylic oxidation sites excluding steroid dienone is 1. The molecule has 1 saturated carbocycles. The van der Waals surface area contributed by atoms with Gasteiger partial charge < -0.3 is 9.47 Å². The Hall–Kier alpha value is -1.94. The summed E-state index contributed by atoms with van der Waals surface area (Å²) in [6.45, 7) is 0. The van der Waals surface area contributed by atoms with Crippen LogP contribution >= 0.6 is 0 Å². The van der Waals surface area contributed by atoms with Crippen molar-refractivity contribution in [1.82, 2.24) is 0 Å². The first-order chi connectivity index (χ1) is 11.7. The molecule has 4 nitrogen and oxygen atoms in total. The molecule has 0 unspecified atom stereocenters.